The predicted molar refractivity (Wildman–Crippen MR) is 126 cm³/mol. The van der Waals surface area contributed by atoms with Crippen LogP contribution in [0.5, 0.6) is 11.5 Å². The Morgan fingerprint density at radius 1 is 1.16 bits per heavy atom. The molecule has 1 heterocycles. The standard InChI is InChI=1S/C17H27NO5S.C7H10/c1-5-7-8-17(6-2)12-24(20,21)16-10-15(23-4)14(22-3)9-13(16)11-18(17)19;1-3-5-7-6-4-2/h9-10,19H,5-8,11-12H2,1-4H3;3-7H,1H2,2H3/b;6-4-,7-5-/t17-;/m1./s1. The number of benzene rings is 1. The monoisotopic (exact) mass is 451 g/mol. The molecule has 0 aromatic heterocycles. The quantitative estimate of drug-likeness (QED) is 0.539. The summed E-state index contributed by atoms with van der Waals surface area (Å²) in [5, 5.41) is 11.9. The van der Waals surface area contributed by atoms with E-state index >= 15 is 0 Å². The molecule has 0 fully saturated rings. The van der Waals surface area contributed by atoms with E-state index in [1.807, 2.05) is 38.2 Å². The molecule has 1 aromatic carbocycles. The average molecular weight is 452 g/mol. The summed E-state index contributed by atoms with van der Waals surface area (Å²) in [5.74, 6) is 0.731. The number of ether oxygens (including phenoxy) is 2. The summed E-state index contributed by atoms with van der Waals surface area (Å²) >= 11 is 0. The van der Waals surface area contributed by atoms with Gasteiger partial charge < -0.3 is 14.7 Å². The molecule has 0 unspecified atom stereocenters. The number of methoxy groups -OCH3 is 2. The number of sulfone groups is 1. The maximum atomic E-state index is 13.0. The second-order valence-corrected chi connectivity index (χ2v) is 9.42. The van der Waals surface area contributed by atoms with Gasteiger partial charge in [0, 0.05) is 6.07 Å². The Morgan fingerprint density at radius 2 is 1.81 bits per heavy atom. The van der Waals surface area contributed by atoms with Crippen LogP contribution < -0.4 is 9.47 Å². The van der Waals surface area contributed by atoms with Gasteiger partial charge in [-0.2, -0.15) is 5.06 Å². The molecular weight excluding hydrogens is 414 g/mol. The number of unbranched alkanes of at least 4 members (excludes halogenated alkanes) is 1. The summed E-state index contributed by atoms with van der Waals surface area (Å²) in [5.41, 5.74) is -0.240. The van der Waals surface area contributed by atoms with Crippen molar-refractivity contribution in [3.8, 4) is 11.5 Å². The number of fused-ring (bicyclic) bond motifs is 1. The third kappa shape index (κ3) is 6.95. The van der Waals surface area contributed by atoms with Crippen molar-refractivity contribution in [2.75, 3.05) is 20.0 Å². The molecule has 0 radical (unpaired) electrons. The molecular formula is C24H37NO5S. The summed E-state index contributed by atoms with van der Waals surface area (Å²) in [7, 11) is -0.577. The summed E-state index contributed by atoms with van der Waals surface area (Å²) in [6.45, 7) is 9.62. The highest BCUT2D eigenvalue weighted by Gasteiger charge is 2.43. The molecule has 2 rings (SSSR count). The van der Waals surface area contributed by atoms with E-state index in [1.165, 1.54) is 25.3 Å². The van der Waals surface area contributed by atoms with Crippen LogP contribution in [0.1, 0.15) is 52.0 Å². The molecule has 1 N–H and O–H groups in total. The first kappa shape index (κ1) is 26.9. The Labute approximate surface area is 187 Å². The predicted octanol–water partition coefficient (Wildman–Crippen LogP) is 5.33. The lowest BCUT2D eigenvalue weighted by Crippen LogP contribution is -2.49. The molecule has 1 aliphatic heterocycles. The zero-order chi connectivity index (χ0) is 23.5. The van der Waals surface area contributed by atoms with Crippen molar-refractivity contribution in [3.63, 3.8) is 0 Å². The van der Waals surface area contributed by atoms with E-state index in [9.17, 15) is 13.6 Å². The largest absolute Gasteiger partial charge is 0.493 e. The molecule has 1 aromatic rings. The number of allylic oxidation sites excluding steroid dienone is 5. The highest BCUT2D eigenvalue weighted by Crippen LogP contribution is 2.40. The van der Waals surface area contributed by atoms with Crippen LogP contribution in [0.4, 0.5) is 0 Å². The van der Waals surface area contributed by atoms with Crippen molar-refractivity contribution in [2.45, 2.75) is 63.4 Å². The number of hydrogen-bond donors (Lipinski definition) is 1. The maximum absolute atomic E-state index is 13.0. The van der Waals surface area contributed by atoms with Gasteiger partial charge in [0.05, 0.1) is 37.0 Å². The Morgan fingerprint density at radius 3 is 2.32 bits per heavy atom. The van der Waals surface area contributed by atoms with Gasteiger partial charge in [0.1, 0.15) is 0 Å². The van der Waals surface area contributed by atoms with Gasteiger partial charge in [-0.25, -0.2) is 8.42 Å². The fourth-order valence-corrected chi connectivity index (χ4v) is 5.74. The van der Waals surface area contributed by atoms with Crippen molar-refractivity contribution in [2.24, 2.45) is 0 Å². The highest BCUT2D eigenvalue weighted by molar-refractivity contribution is 7.91. The molecule has 0 spiro atoms. The first-order valence-electron chi connectivity index (χ1n) is 10.6. The first-order valence-corrected chi connectivity index (χ1v) is 12.2. The second-order valence-electron chi connectivity index (χ2n) is 7.46. The third-order valence-electron chi connectivity index (χ3n) is 5.43. The van der Waals surface area contributed by atoms with E-state index in [1.54, 1.807) is 12.1 Å². The Kier molecular flexibility index (Phi) is 11.0. The fraction of sp³-hybridized carbons (Fsp3) is 0.500. The average Bonchev–Trinajstić information content (AvgIpc) is 2.84. The summed E-state index contributed by atoms with van der Waals surface area (Å²) in [6.07, 6.45) is 12.5. The molecule has 0 aliphatic carbocycles. The number of hydrogen-bond acceptors (Lipinski definition) is 6. The number of rotatable bonds is 8. The third-order valence-corrected chi connectivity index (χ3v) is 7.40. The van der Waals surface area contributed by atoms with Crippen LogP contribution >= 0.6 is 0 Å². The zero-order valence-corrected chi connectivity index (χ0v) is 20.2. The summed E-state index contributed by atoms with van der Waals surface area (Å²) < 4.78 is 36.5. The van der Waals surface area contributed by atoms with Crippen LogP contribution in [-0.2, 0) is 16.4 Å². The topological polar surface area (TPSA) is 76.1 Å². The van der Waals surface area contributed by atoms with Gasteiger partial charge >= 0.3 is 0 Å². The lowest BCUT2D eigenvalue weighted by molar-refractivity contribution is -0.178. The van der Waals surface area contributed by atoms with Gasteiger partial charge in [-0.3, -0.25) is 0 Å². The fourth-order valence-electron chi connectivity index (χ4n) is 3.57. The van der Waals surface area contributed by atoms with Crippen LogP contribution in [0.3, 0.4) is 0 Å². The van der Waals surface area contributed by atoms with E-state index in [0.717, 1.165) is 12.8 Å². The van der Waals surface area contributed by atoms with Crippen molar-refractivity contribution in [1.82, 2.24) is 5.06 Å². The van der Waals surface area contributed by atoms with E-state index < -0.39 is 15.4 Å². The molecule has 0 bridgehead atoms. The van der Waals surface area contributed by atoms with Gasteiger partial charge in [-0.05, 0) is 31.4 Å². The number of nitrogens with zero attached hydrogens (tertiary/aromatic N) is 1. The van der Waals surface area contributed by atoms with Crippen molar-refractivity contribution < 1.29 is 23.1 Å². The lowest BCUT2D eigenvalue weighted by atomic mass is 9.91. The van der Waals surface area contributed by atoms with E-state index in [-0.39, 0.29) is 17.2 Å². The van der Waals surface area contributed by atoms with Gasteiger partial charge in [0.25, 0.3) is 0 Å². The van der Waals surface area contributed by atoms with Gasteiger partial charge in [-0.15, -0.1) is 0 Å². The minimum Gasteiger partial charge on any atom is -0.493 e. The summed E-state index contributed by atoms with van der Waals surface area (Å²) in [6, 6.07) is 3.14. The van der Waals surface area contributed by atoms with Crippen LogP contribution in [0.15, 0.2) is 54.0 Å². The van der Waals surface area contributed by atoms with Crippen LogP contribution in [-0.4, -0.2) is 44.2 Å². The van der Waals surface area contributed by atoms with Crippen LogP contribution in [0.2, 0.25) is 0 Å². The maximum Gasteiger partial charge on any atom is 0.180 e. The van der Waals surface area contributed by atoms with Crippen molar-refractivity contribution in [1.29, 1.82) is 0 Å². The zero-order valence-electron chi connectivity index (χ0n) is 19.4. The van der Waals surface area contributed by atoms with E-state index in [0.29, 0.717) is 29.9 Å². The van der Waals surface area contributed by atoms with Gasteiger partial charge in [0.2, 0.25) is 0 Å². The van der Waals surface area contributed by atoms with Gasteiger partial charge in [0.15, 0.2) is 21.3 Å². The van der Waals surface area contributed by atoms with Gasteiger partial charge in [-0.1, -0.05) is 63.6 Å². The molecule has 0 saturated heterocycles. The SMILES string of the molecule is C=C/C=C\C=C/C.CCCC[C@]1(CC)CS(=O)(=O)c2cc(OC)c(OC)cc2CN1O. The van der Waals surface area contributed by atoms with Crippen LogP contribution in [0, 0.1) is 0 Å². The molecule has 1 aliphatic rings. The Bertz CT molecular complexity index is 876. The molecule has 1 atom stereocenters. The smallest absolute Gasteiger partial charge is 0.180 e. The second kappa shape index (κ2) is 12.7. The first-order chi connectivity index (χ1) is 14.7. The molecule has 174 valence electrons. The van der Waals surface area contributed by atoms with Crippen LogP contribution in [0.25, 0.3) is 0 Å². The molecule has 7 heteroatoms. The molecule has 0 saturated carbocycles. The van der Waals surface area contributed by atoms with Crippen molar-refractivity contribution >= 4 is 9.84 Å². The normalized spacial score (nSPS) is 20.6. The lowest BCUT2D eigenvalue weighted by Gasteiger charge is -2.37. The molecule has 6 nitrogen and oxygen atoms in total. The number of hydroxylamine groups is 2. The highest BCUT2D eigenvalue weighted by atomic mass is 32.2. The summed E-state index contributed by atoms with van der Waals surface area (Å²) in [4.78, 5) is 0.214. The minimum atomic E-state index is -3.56. The van der Waals surface area contributed by atoms with E-state index in [2.05, 4.69) is 13.5 Å². The molecule has 0 amide bonds. The van der Waals surface area contributed by atoms with E-state index in [4.69, 9.17) is 9.47 Å². The Hall–Kier alpha value is -2.09. The molecule has 31 heavy (non-hydrogen) atoms. The minimum absolute atomic E-state index is 0.102. The Balaban J connectivity index is 0.000000592. The van der Waals surface area contributed by atoms with Crippen molar-refractivity contribution in [3.05, 3.63) is 54.7 Å².